The normalized spacial score (nSPS) is 12.6. The number of rotatable bonds is 3. The summed E-state index contributed by atoms with van der Waals surface area (Å²) >= 11 is 0. The standard InChI is InChI=1S/C16H15F2N3/c1-9(13-7-11(17)3-5-14(13)18)19-12-4-6-15-16(8-12)21-10(2)20-15/h3-9,19H,1-2H3,(H,20,21). The highest BCUT2D eigenvalue weighted by atomic mass is 19.1. The van der Waals surface area contributed by atoms with Crippen molar-refractivity contribution < 1.29 is 8.78 Å². The Morgan fingerprint density at radius 3 is 2.76 bits per heavy atom. The first-order valence-corrected chi connectivity index (χ1v) is 6.71. The van der Waals surface area contributed by atoms with Gasteiger partial charge in [0.15, 0.2) is 0 Å². The van der Waals surface area contributed by atoms with E-state index in [1.165, 1.54) is 6.07 Å². The van der Waals surface area contributed by atoms with Crippen LogP contribution in [0.4, 0.5) is 14.5 Å². The Morgan fingerprint density at radius 1 is 1.14 bits per heavy atom. The molecule has 0 spiro atoms. The van der Waals surface area contributed by atoms with Crippen molar-refractivity contribution in [2.24, 2.45) is 0 Å². The predicted molar refractivity (Wildman–Crippen MR) is 79.2 cm³/mol. The van der Waals surface area contributed by atoms with Gasteiger partial charge in [0.25, 0.3) is 0 Å². The van der Waals surface area contributed by atoms with E-state index >= 15 is 0 Å². The minimum atomic E-state index is -0.445. The van der Waals surface area contributed by atoms with E-state index in [9.17, 15) is 8.78 Å². The molecule has 2 N–H and O–H groups in total. The number of fused-ring (bicyclic) bond motifs is 1. The van der Waals surface area contributed by atoms with Crippen molar-refractivity contribution in [1.29, 1.82) is 0 Å². The summed E-state index contributed by atoms with van der Waals surface area (Å²) < 4.78 is 27.0. The first-order chi connectivity index (χ1) is 10.0. The molecule has 108 valence electrons. The quantitative estimate of drug-likeness (QED) is 0.753. The number of hydrogen-bond donors (Lipinski definition) is 2. The molecule has 1 aromatic heterocycles. The van der Waals surface area contributed by atoms with E-state index in [2.05, 4.69) is 15.3 Å². The Morgan fingerprint density at radius 2 is 1.95 bits per heavy atom. The number of H-pyrrole nitrogens is 1. The van der Waals surface area contributed by atoms with E-state index in [0.29, 0.717) is 5.56 Å². The second-order valence-corrected chi connectivity index (χ2v) is 5.09. The van der Waals surface area contributed by atoms with E-state index in [1.54, 1.807) is 6.92 Å². The van der Waals surface area contributed by atoms with Crippen LogP contribution in [0.25, 0.3) is 11.0 Å². The summed E-state index contributed by atoms with van der Waals surface area (Å²) in [5, 5.41) is 3.17. The smallest absolute Gasteiger partial charge is 0.128 e. The van der Waals surface area contributed by atoms with Crippen LogP contribution < -0.4 is 5.32 Å². The zero-order valence-electron chi connectivity index (χ0n) is 11.7. The maximum Gasteiger partial charge on any atom is 0.128 e. The molecule has 3 aromatic rings. The van der Waals surface area contributed by atoms with E-state index in [0.717, 1.165) is 34.7 Å². The number of aromatic amines is 1. The molecule has 21 heavy (non-hydrogen) atoms. The van der Waals surface area contributed by atoms with Crippen molar-refractivity contribution >= 4 is 16.7 Å². The Balaban J connectivity index is 1.88. The molecule has 0 aliphatic heterocycles. The second-order valence-electron chi connectivity index (χ2n) is 5.09. The van der Waals surface area contributed by atoms with Gasteiger partial charge in [0.2, 0.25) is 0 Å². The van der Waals surface area contributed by atoms with Gasteiger partial charge in [-0.3, -0.25) is 0 Å². The van der Waals surface area contributed by atoms with Gasteiger partial charge in [-0.1, -0.05) is 0 Å². The van der Waals surface area contributed by atoms with E-state index < -0.39 is 11.6 Å². The number of imidazole rings is 1. The zero-order valence-corrected chi connectivity index (χ0v) is 11.7. The van der Waals surface area contributed by atoms with Crippen LogP contribution in [-0.2, 0) is 0 Å². The molecule has 0 fully saturated rings. The molecule has 3 rings (SSSR count). The van der Waals surface area contributed by atoms with Crippen molar-refractivity contribution in [1.82, 2.24) is 9.97 Å². The fourth-order valence-corrected chi connectivity index (χ4v) is 2.40. The lowest BCUT2D eigenvalue weighted by Gasteiger charge is -2.16. The predicted octanol–water partition coefficient (Wildman–Crippen LogP) is 4.32. The van der Waals surface area contributed by atoms with Gasteiger partial charge in [0.05, 0.1) is 17.1 Å². The number of aryl methyl sites for hydroxylation is 1. The van der Waals surface area contributed by atoms with Crippen LogP contribution in [0.3, 0.4) is 0 Å². The Kier molecular flexibility index (Phi) is 3.33. The van der Waals surface area contributed by atoms with Crippen molar-refractivity contribution in [3.05, 3.63) is 59.4 Å². The van der Waals surface area contributed by atoms with Crippen LogP contribution >= 0.6 is 0 Å². The molecule has 0 aliphatic rings. The molecule has 0 amide bonds. The lowest BCUT2D eigenvalue weighted by Crippen LogP contribution is -2.09. The molecule has 0 saturated carbocycles. The molecule has 1 heterocycles. The van der Waals surface area contributed by atoms with Crippen LogP contribution in [0.15, 0.2) is 36.4 Å². The van der Waals surface area contributed by atoms with Crippen LogP contribution in [0.5, 0.6) is 0 Å². The monoisotopic (exact) mass is 287 g/mol. The topological polar surface area (TPSA) is 40.7 Å². The Labute approximate surface area is 121 Å². The highest BCUT2D eigenvalue weighted by molar-refractivity contribution is 5.79. The largest absolute Gasteiger partial charge is 0.378 e. The maximum absolute atomic E-state index is 13.8. The molecule has 0 aliphatic carbocycles. The van der Waals surface area contributed by atoms with Gasteiger partial charge in [0.1, 0.15) is 17.5 Å². The average molecular weight is 287 g/mol. The number of nitrogens with one attached hydrogen (secondary N) is 2. The third kappa shape index (κ3) is 2.72. The van der Waals surface area contributed by atoms with E-state index in [1.807, 2.05) is 25.1 Å². The fraction of sp³-hybridized carbons (Fsp3) is 0.188. The molecular weight excluding hydrogens is 272 g/mol. The molecule has 5 heteroatoms. The van der Waals surface area contributed by atoms with Gasteiger partial charge in [-0.05, 0) is 50.2 Å². The van der Waals surface area contributed by atoms with Crippen molar-refractivity contribution in [3.63, 3.8) is 0 Å². The number of nitrogens with zero attached hydrogens (tertiary/aromatic N) is 1. The van der Waals surface area contributed by atoms with E-state index in [-0.39, 0.29) is 6.04 Å². The van der Waals surface area contributed by atoms with Gasteiger partial charge in [-0.15, -0.1) is 0 Å². The summed E-state index contributed by atoms with van der Waals surface area (Å²) in [4.78, 5) is 7.47. The molecular formula is C16H15F2N3. The minimum absolute atomic E-state index is 0.302. The molecule has 1 atom stereocenters. The summed E-state index contributed by atoms with van der Waals surface area (Å²) in [5.74, 6) is -0.0269. The van der Waals surface area contributed by atoms with Gasteiger partial charge in [-0.2, -0.15) is 0 Å². The van der Waals surface area contributed by atoms with Crippen LogP contribution in [-0.4, -0.2) is 9.97 Å². The van der Waals surface area contributed by atoms with Crippen LogP contribution in [0.1, 0.15) is 24.4 Å². The first-order valence-electron chi connectivity index (χ1n) is 6.71. The summed E-state index contributed by atoms with van der Waals surface area (Å²) in [5.41, 5.74) is 2.91. The Bertz CT molecular complexity index is 795. The number of benzene rings is 2. The summed E-state index contributed by atoms with van der Waals surface area (Å²) in [6, 6.07) is 8.79. The summed E-state index contributed by atoms with van der Waals surface area (Å²) in [6.45, 7) is 3.68. The molecule has 2 aromatic carbocycles. The highest BCUT2D eigenvalue weighted by Gasteiger charge is 2.12. The molecule has 3 nitrogen and oxygen atoms in total. The minimum Gasteiger partial charge on any atom is -0.378 e. The zero-order chi connectivity index (χ0) is 15.0. The van der Waals surface area contributed by atoms with Gasteiger partial charge < -0.3 is 10.3 Å². The van der Waals surface area contributed by atoms with Gasteiger partial charge >= 0.3 is 0 Å². The fourth-order valence-electron chi connectivity index (χ4n) is 2.40. The van der Waals surface area contributed by atoms with Gasteiger partial charge in [-0.25, -0.2) is 13.8 Å². The second kappa shape index (κ2) is 5.16. The van der Waals surface area contributed by atoms with E-state index in [4.69, 9.17) is 0 Å². The van der Waals surface area contributed by atoms with Crippen molar-refractivity contribution in [3.8, 4) is 0 Å². The maximum atomic E-state index is 13.8. The Hall–Kier alpha value is -2.43. The highest BCUT2D eigenvalue weighted by Crippen LogP contribution is 2.24. The SMILES string of the molecule is Cc1nc2ccc(NC(C)c3cc(F)ccc3F)cc2[nH]1. The number of aromatic nitrogens is 2. The van der Waals surface area contributed by atoms with Crippen molar-refractivity contribution in [2.75, 3.05) is 5.32 Å². The molecule has 0 radical (unpaired) electrons. The summed E-state index contributed by atoms with van der Waals surface area (Å²) in [6.07, 6.45) is 0. The molecule has 0 bridgehead atoms. The molecule has 1 unspecified atom stereocenters. The number of anilines is 1. The summed E-state index contributed by atoms with van der Waals surface area (Å²) in [7, 11) is 0. The number of halogens is 2. The van der Waals surface area contributed by atoms with Crippen LogP contribution in [0, 0.1) is 18.6 Å². The number of hydrogen-bond acceptors (Lipinski definition) is 2. The van der Waals surface area contributed by atoms with Gasteiger partial charge in [0, 0.05) is 11.3 Å². The first kappa shape index (κ1) is 13.5. The lowest BCUT2D eigenvalue weighted by molar-refractivity contribution is 0.577. The molecule has 0 saturated heterocycles. The van der Waals surface area contributed by atoms with Crippen LogP contribution in [0.2, 0.25) is 0 Å². The lowest BCUT2D eigenvalue weighted by atomic mass is 10.1. The van der Waals surface area contributed by atoms with Crippen molar-refractivity contribution in [2.45, 2.75) is 19.9 Å². The third-order valence-corrected chi connectivity index (χ3v) is 3.41. The average Bonchev–Trinajstić information content (AvgIpc) is 2.80. The third-order valence-electron chi connectivity index (χ3n) is 3.41.